The highest BCUT2D eigenvalue weighted by molar-refractivity contribution is 6.31. The fraction of sp³-hybridized carbons (Fsp3) is 0.438. The molecule has 0 saturated carbocycles. The van der Waals surface area contributed by atoms with E-state index in [1.807, 2.05) is 30.5 Å². The Bertz CT molecular complexity index is 567. The molecule has 1 aromatic heterocycles. The van der Waals surface area contributed by atoms with E-state index in [1.165, 1.54) is 0 Å². The lowest BCUT2D eigenvalue weighted by Crippen LogP contribution is -2.27. The first-order chi connectivity index (χ1) is 9.65. The minimum absolute atomic E-state index is 0.0299. The van der Waals surface area contributed by atoms with Gasteiger partial charge in [0.25, 0.3) is 0 Å². The van der Waals surface area contributed by atoms with Gasteiger partial charge in [0.2, 0.25) is 0 Å². The third-order valence-corrected chi connectivity index (χ3v) is 4.02. The van der Waals surface area contributed by atoms with Gasteiger partial charge in [-0.15, -0.1) is 0 Å². The van der Waals surface area contributed by atoms with Crippen molar-refractivity contribution in [3.8, 4) is 0 Å². The summed E-state index contributed by atoms with van der Waals surface area (Å²) in [5, 5.41) is 1.81. The van der Waals surface area contributed by atoms with Crippen LogP contribution in [0.1, 0.15) is 31.9 Å². The summed E-state index contributed by atoms with van der Waals surface area (Å²) >= 11 is 6.01. The van der Waals surface area contributed by atoms with Crippen molar-refractivity contribution in [1.82, 2.24) is 9.88 Å². The van der Waals surface area contributed by atoms with Crippen molar-refractivity contribution < 1.29 is 0 Å². The Morgan fingerprint density at radius 3 is 2.70 bits per heavy atom. The molecule has 0 fully saturated rings. The van der Waals surface area contributed by atoms with Crippen molar-refractivity contribution in [2.45, 2.75) is 26.3 Å². The monoisotopic (exact) mass is 291 g/mol. The van der Waals surface area contributed by atoms with E-state index in [-0.39, 0.29) is 6.04 Å². The highest BCUT2D eigenvalue weighted by Gasteiger charge is 2.12. The summed E-state index contributed by atoms with van der Waals surface area (Å²) in [4.78, 5) is 6.75. The van der Waals surface area contributed by atoms with Crippen LogP contribution in [0.4, 0.5) is 0 Å². The highest BCUT2D eigenvalue weighted by Crippen LogP contribution is 2.25. The molecule has 0 bridgehead atoms. The molecule has 2 aromatic rings. The Balaban J connectivity index is 2.19. The third-order valence-electron chi connectivity index (χ3n) is 3.79. The summed E-state index contributed by atoms with van der Waals surface area (Å²) in [5.74, 6) is 0. The van der Waals surface area contributed by atoms with Crippen LogP contribution >= 0.6 is 11.6 Å². The molecule has 2 rings (SSSR count). The van der Waals surface area contributed by atoms with Crippen molar-refractivity contribution in [1.29, 1.82) is 0 Å². The fourth-order valence-electron chi connectivity index (χ4n) is 2.48. The third kappa shape index (κ3) is 3.48. The van der Waals surface area contributed by atoms with E-state index >= 15 is 0 Å². The molecule has 0 aliphatic rings. The zero-order valence-electron chi connectivity index (χ0n) is 12.1. The quantitative estimate of drug-likeness (QED) is 0.884. The lowest BCUT2D eigenvalue weighted by molar-refractivity contribution is 0.291. The minimum Gasteiger partial charge on any atom is -0.324 e. The lowest BCUT2D eigenvalue weighted by Gasteiger charge is -2.21. The summed E-state index contributed by atoms with van der Waals surface area (Å²) in [5.41, 5.74) is 8.43. The summed E-state index contributed by atoms with van der Waals surface area (Å²) < 4.78 is 0. The summed E-state index contributed by atoms with van der Waals surface area (Å²) in [6, 6.07) is 7.84. The molecule has 0 spiro atoms. The molecule has 108 valence electrons. The van der Waals surface area contributed by atoms with E-state index in [0.29, 0.717) is 5.02 Å². The Labute approximate surface area is 125 Å². The van der Waals surface area contributed by atoms with Gasteiger partial charge >= 0.3 is 0 Å². The molecule has 1 heterocycles. The predicted octanol–water partition coefficient (Wildman–Crippen LogP) is 3.62. The number of halogens is 1. The van der Waals surface area contributed by atoms with Crippen LogP contribution in [-0.2, 0) is 0 Å². The van der Waals surface area contributed by atoms with Crippen LogP contribution < -0.4 is 5.73 Å². The van der Waals surface area contributed by atoms with E-state index in [9.17, 15) is 0 Å². The maximum absolute atomic E-state index is 6.37. The Morgan fingerprint density at radius 1 is 1.25 bits per heavy atom. The van der Waals surface area contributed by atoms with E-state index in [4.69, 9.17) is 17.3 Å². The average molecular weight is 292 g/mol. The van der Waals surface area contributed by atoms with Gasteiger partial charge in [-0.3, -0.25) is 4.98 Å². The Hall–Kier alpha value is -1.16. The molecule has 1 atom stereocenters. The maximum Gasteiger partial charge on any atom is 0.0720 e. The van der Waals surface area contributed by atoms with Gasteiger partial charge < -0.3 is 10.6 Å². The molecule has 4 heteroatoms. The normalized spacial score (nSPS) is 13.1. The molecule has 0 amide bonds. The zero-order chi connectivity index (χ0) is 14.5. The molecule has 20 heavy (non-hydrogen) atoms. The molecule has 0 radical (unpaired) electrons. The summed E-state index contributed by atoms with van der Waals surface area (Å²) in [6.45, 7) is 7.51. The van der Waals surface area contributed by atoms with Crippen molar-refractivity contribution in [2.75, 3.05) is 19.6 Å². The van der Waals surface area contributed by atoms with Crippen molar-refractivity contribution in [2.24, 2.45) is 5.73 Å². The number of hydrogen-bond donors (Lipinski definition) is 1. The second kappa shape index (κ2) is 7.02. The molecule has 0 saturated heterocycles. The van der Waals surface area contributed by atoms with Crippen LogP contribution in [0.15, 0.2) is 30.5 Å². The first-order valence-electron chi connectivity index (χ1n) is 7.17. The highest BCUT2D eigenvalue weighted by atomic mass is 35.5. The van der Waals surface area contributed by atoms with Crippen LogP contribution in [0.3, 0.4) is 0 Å². The Kier molecular flexibility index (Phi) is 5.35. The number of nitrogens with two attached hydrogens (primary N) is 1. The van der Waals surface area contributed by atoms with Crippen LogP contribution in [0.5, 0.6) is 0 Å². The fourth-order valence-corrected chi connectivity index (χ4v) is 2.65. The predicted molar refractivity (Wildman–Crippen MR) is 86.1 cm³/mol. The topological polar surface area (TPSA) is 42.1 Å². The molecule has 3 nitrogen and oxygen atoms in total. The first kappa shape index (κ1) is 15.2. The molecular formula is C16H22ClN3. The van der Waals surface area contributed by atoms with Gasteiger partial charge in [-0.1, -0.05) is 31.5 Å². The minimum atomic E-state index is 0.0299. The van der Waals surface area contributed by atoms with Crippen LogP contribution in [0.25, 0.3) is 10.9 Å². The molecule has 2 N–H and O–H groups in total. The maximum atomic E-state index is 6.37. The number of benzene rings is 1. The van der Waals surface area contributed by atoms with E-state index < -0.39 is 0 Å². The number of nitrogens with zero attached hydrogens (tertiary/aromatic N) is 2. The van der Waals surface area contributed by atoms with Gasteiger partial charge in [-0.2, -0.15) is 0 Å². The van der Waals surface area contributed by atoms with E-state index in [1.54, 1.807) is 0 Å². The van der Waals surface area contributed by atoms with Crippen molar-refractivity contribution in [3.05, 3.63) is 41.0 Å². The summed E-state index contributed by atoms with van der Waals surface area (Å²) in [7, 11) is 0. The van der Waals surface area contributed by atoms with Crippen LogP contribution in [-0.4, -0.2) is 29.5 Å². The SMILES string of the molecule is CCN(CC)CCC(N)c1ccnc2cc(Cl)ccc12. The Morgan fingerprint density at radius 2 is 2.00 bits per heavy atom. The first-order valence-corrected chi connectivity index (χ1v) is 7.55. The second-order valence-corrected chi connectivity index (χ2v) is 5.42. The standard InChI is InChI=1S/C16H22ClN3/c1-3-20(4-2)10-8-15(18)13-7-9-19-16-11-12(17)5-6-14(13)16/h5-7,9,11,15H,3-4,8,10,18H2,1-2H3. The van der Waals surface area contributed by atoms with Gasteiger partial charge in [0.1, 0.15) is 0 Å². The largest absolute Gasteiger partial charge is 0.324 e. The smallest absolute Gasteiger partial charge is 0.0720 e. The van der Waals surface area contributed by atoms with E-state index in [0.717, 1.165) is 42.5 Å². The average Bonchev–Trinajstić information content (AvgIpc) is 2.47. The number of fused-ring (bicyclic) bond motifs is 1. The van der Waals surface area contributed by atoms with Gasteiger partial charge in [-0.05, 0) is 49.8 Å². The van der Waals surface area contributed by atoms with Gasteiger partial charge in [0, 0.05) is 22.6 Å². The van der Waals surface area contributed by atoms with Crippen LogP contribution in [0, 0.1) is 0 Å². The van der Waals surface area contributed by atoms with Crippen LogP contribution in [0.2, 0.25) is 5.02 Å². The van der Waals surface area contributed by atoms with E-state index in [2.05, 4.69) is 23.7 Å². The number of pyridine rings is 1. The summed E-state index contributed by atoms with van der Waals surface area (Å²) in [6.07, 6.45) is 2.76. The lowest BCUT2D eigenvalue weighted by atomic mass is 10.00. The van der Waals surface area contributed by atoms with Gasteiger partial charge in [-0.25, -0.2) is 0 Å². The second-order valence-electron chi connectivity index (χ2n) is 4.98. The molecule has 0 aliphatic carbocycles. The number of rotatable bonds is 6. The van der Waals surface area contributed by atoms with Crippen molar-refractivity contribution in [3.63, 3.8) is 0 Å². The van der Waals surface area contributed by atoms with Gasteiger partial charge in [0.15, 0.2) is 0 Å². The van der Waals surface area contributed by atoms with Crippen molar-refractivity contribution >= 4 is 22.5 Å². The molecular weight excluding hydrogens is 270 g/mol. The molecule has 1 unspecified atom stereocenters. The molecule has 1 aromatic carbocycles. The number of hydrogen-bond acceptors (Lipinski definition) is 3. The zero-order valence-corrected chi connectivity index (χ0v) is 12.9. The molecule has 0 aliphatic heterocycles. The number of aromatic nitrogens is 1. The van der Waals surface area contributed by atoms with Gasteiger partial charge in [0.05, 0.1) is 5.52 Å².